The topological polar surface area (TPSA) is 50.1 Å². The smallest absolute Gasteiger partial charge is 0.153 e. The van der Waals surface area contributed by atoms with Crippen molar-refractivity contribution in [3.05, 3.63) is 64.7 Å². The van der Waals surface area contributed by atoms with E-state index in [4.69, 9.17) is 10.00 Å². The van der Waals surface area contributed by atoms with Crippen LogP contribution in [0.5, 0.6) is 5.75 Å². The van der Waals surface area contributed by atoms with Crippen molar-refractivity contribution in [1.29, 1.82) is 5.26 Å². The predicted octanol–water partition coefficient (Wildman–Crippen LogP) is 3.26. The zero-order valence-electron chi connectivity index (χ0n) is 10.6. The van der Waals surface area contributed by atoms with E-state index in [-0.39, 0.29) is 6.61 Å². The molecule has 19 heavy (non-hydrogen) atoms. The van der Waals surface area contributed by atoms with E-state index < -0.39 is 0 Å². The summed E-state index contributed by atoms with van der Waals surface area (Å²) >= 11 is 0. The molecule has 0 amide bonds. The number of carbonyl (C=O) groups is 1. The molecule has 3 nitrogen and oxygen atoms in total. The first-order chi connectivity index (χ1) is 9.24. The van der Waals surface area contributed by atoms with Crippen molar-refractivity contribution in [3.8, 4) is 11.8 Å². The summed E-state index contributed by atoms with van der Waals surface area (Å²) in [7, 11) is 0. The van der Waals surface area contributed by atoms with E-state index in [1.165, 1.54) is 0 Å². The minimum Gasteiger partial charge on any atom is -0.488 e. The zero-order chi connectivity index (χ0) is 13.7. The molecule has 0 aromatic heterocycles. The Hall–Kier alpha value is -2.60. The SMILES string of the molecule is Cc1ccc(OCc2ccccc2C#N)c(C=O)c1. The van der Waals surface area contributed by atoms with Crippen LogP contribution in [0.15, 0.2) is 42.5 Å². The van der Waals surface area contributed by atoms with E-state index in [2.05, 4.69) is 6.07 Å². The Morgan fingerprint density at radius 1 is 1.26 bits per heavy atom. The number of rotatable bonds is 4. The Morgan fingerprint density at radius 2 is 2.05 bits per heavy atom. The largest absolute Gasteiger partial charge is 0.488 e. The maximum atomic E-state index is 11.0. The molecule has 0 fully saturated rings. The molecule has 0 aliphatic heterocycles. The van der Waals surface area contributed by atoms with E-state index in [9.17, 15) is 4.79 Å². The Balaban J connectivity index is 2.19. The van der Waals surface area contributed by atoms with Gasteiger partial charge in [0.05, 0.1) is 17.2 Å². The fourth-order valence-electron chi connectivity index (χ4n) is 1.80. The molecule has 0 radical (unpaired) electrons. The van der Waals surface area contributed by atoms with Crippen molar-refractivity contribution in [3.63, 3.8) is 0 Å². The third kappa shape index (κ3) is 2.99. The van der Waals surface area contributed by atoms with Gasteiger partial charge in [-0.05, 0) is 25.1 Å². The van der Waals surface area contributed by atoms with Crippen molar-refractivity contribution in [2.75, 3.05) is 0 Å². The molecule has 0 spiro atoms. The highest BCUT2D eigenvalue weighted by atomic mass is 16.5. The molecule has 0 bridgehead atoms. The van der Waals surface area contributed by atoms with E-state index >= 15 is 0 Å². The molecule has 0 aliphatic carbocycles. The first-order valence-electron chi connectivity index (χ1n) is 5.91. The Morgan fingerprint density at radius 3 is 2.79 bits per heavy atom. The molecule has 3 heteroatoms. The maximum absolute atomic E-state index is 11.0. The summed E-state index contributed by atoms with van der Waals surface area (Å²) < 4.78 is 5.63. The second kappa shape index (κ2) is 5.83. The Labute approximate surface area is 112 Å². The second-order valence-corrected chi connectivity index (χ2v) is 4.22. The van der Waals surface area contributed by atoms with Crippen LogP contribution in [-0.4, -0.2) is 6.29 Å². The molecule has 0 N–H and O–H groups in total. The first kappa shape index (κ1) is 12.8. The molecule has 2 rings (SSSR count). The van der Waals surface area contributed by atoms with Gasteiger partial charge in [0, 0.05) is 5.56 Å². The molecular formula is C16H13NO2. The van der Waals surface area contributed by atoms with Crippen LogP contribution < -0.4 is 4.74 Å². The third-order valence-corrected chi connectivity index (χ3v) is 2.81. The van der Waals surface area contributed by atoms with Crippen LogP contribution in [0.1, 0.15) is 27.0 Å². The monoisotopic (exact) mass is 251 g/mol. The summed E-state index contributed by atoms with van der Waals surface area (Å²) in [5.74, 6) is 0.536. The number of ether oxygens (including phenoxy) is 1. The van der Waals surface area contributed by atoms with Gasteiger partial charge in [-0.2, -0.15) is 5.26 Å². The molecule has 0 heterocycles. The highest BCUT2D eigenvalue weighted by Crippen LogP contribution is 2.20. The minimum absolute atomic E-state index is 0.271. The fraction of sp³-hybridized carbons (Fsp3) is 0.125. The van der Waals surface area contributed by atoms with Gasteiger partial charge in [0.2, 0.25) is 0 Å². The molecule has 0 saturated heterocycles. The minimum atomic E-state index is 0.271. The number of hydrogen-bond acceptors (Lipinski definition) is 3. The number of carbonyl (C=O) groups excluding carboxylic acids is 1. The molecule has 2 aromatic carbocycles. The van der Waals surface area contributed by atoms with E-state index in [0.29, 0.717) is 16.9 Å². The summed E-state index contributed by atoms with van der Waals surface area (Å²) in [4.78, 5) is 11.0. The number of nitrogens with zero attached hydrogens (tertiary/aromatic N) is 1. The van der Waals surface area contributed by atoms with Gasteiger partial charge in [-0.3, -0.25) is 4.79 Å². The van der Waals surface area contributed by atoms with Gasteiger partial charge < -0.3 is 4.74 Å². The number of aryl methyl sites for hydroxylation is 1. The van der Waals surface area contributed by atoms with E-state index in [1.54, 1.807) is 18.2 Å². The Bertz CT molecular complexity index is 641. The van der Waals surface area contributed by atoms with Crippen LogP contribution in [0.3, 0.4) is 0 Å². The number of aldehydes is 1. The standard InChI is InChI=1S/C16H13NO2/c1-12-6-7-16(15(8-12)10-18)19-11-14-5-3-2-4-13(14)9-17/h2-8,10H,11H2,1H3. The van der Waals surface area contributed by atoms with Gasteiger partial charge in [0.15, 0.2) is 6.29 Å². The Kier molecular flexibility index (Phi) is 3.94. The molecular weight excluding hydrogens is 238 g/mol. The number of hydrogen-bond donors (Lipinski definition) is 0. The second-order valence-electron chi connectivity index (χ2n) is 4.22. The molecule has 0 unspecified atom stereocenters. The third-order valence-electron chi connectivity index (χ3n) is 2.81. The molecule has 94 valence electrons. The average molecular weight is 251 g/mol. The lowest BCUT2D eigenvalue weighted by Crippen LogP contribution is -2.00. The summed E-state index contributed by atoms with van der Waals surface area (Å²) in [6, 6.07) is 14.8. The lowest BCUT2D eigenvalue weighted by Gasteiger charge is -2.10. The summed E-state index contributed by atoms with van der Waals surface area (Å²) in [6.45, 7) is 2.19. The van der Waals surface area contributed by atoms with Crippen molar-refractivity contribution in [2.45, 2.75) is 13.5 Å². The van der Waals surface area contributed by atoms with Crippen molar-refractivity contribution >= 4 is 6.29 Å². The summed E-state index contributed by atoms with van der Waals surface area (Å²) in [5.41, 5.74) is 2.92. The van der Waals surface area contributed by atoms with Gasteiger partial charge in [-0.1, -0.05) is 29.8 Å². The molecule has 0 saturated carbocycles. The van der Waals surface area contributed by atoms with Crippen LogP contribution in [-0.2, 0) is 6.61 Å². The maximum Gasteiger partial charge on any atom is 0.153 e. The van der Waals surface area contributed by atoms with Crippen LogP contribution in [0, 0.1) is 18.3 Å². The van der Waals surface area contributed by atoms with Crippen molar-refractivity contribution in [1.82, 2.24) is 0 Å². The molecule has 2 aromatic rings. The van der Waals surface area contributed by atoms with E-state index in [1.807, 2.05) is 31.2 Å². The van der Waals surface area contributed by atoms with Crippen molar-refractivity contribution in [2.24, 2.45) is 0 Å². The summed E-state index contributed by atoms with van der Waals surface area (Å²) in [6.07, 6.45) is 0.776. The summed E-state index contributed by atoms with van der Waals surface area (Å²) in [5, 5.41) is 8.99. The van der Waals surface area contributed by atoms with Crippen LogP contribution in [0.2, 0.25) is 0 Å². The number of nitriles is 1. The highest BCUT2D eigenvalue weighted by Gasteiger charge is 2.05. The van der Waals surface area contributed by atoms with Crippen LogP contribution >= 0.6 is 0 Å². The first-order valence-corrected chi connectivity index (χ1v) is 5.91. The fourth-order valence-corrected chi connectivity index (χ4v) is 1.80. The van der Waals surface area contributed by atoms with E-state index in [0.717, 1.165) is 17.4 Å². The van der Waals surface area contributed by atoms with Crippen molar-refractivity contribution < 1.29 is 9.53 Å². The number of benzene rings is 2. The predicted molar refractivity (Wildman–Crippen MR) is 72.1 cm³/mol. The lowest BCUT2D eigenvalue weighted by molar-refractivity contribution is 0.111. The molecule has 0 atom stereocenters. The quantitative estimate of drug-likeness (QED) is 0.784. The average Bonchev–Trinajstić information content (AvgIpc) is 2.46. The van der Waals surface area contributed by atoms with Gasteiger partial charge in [0.1, 0.15) is 12.4 Å². The normalized spacial score (nSPS) is 9.68. The van der Waals surface area contributed by atoms with Gasteiger partial charge in [0.25, 0.3) is 0 Å². The lowest BCUT2D eigenvalue weighted by atomic mass is 10.1. The van der Waals surface area contributed by atoms with Crippen LogP contribution in [0.25, 0.3) is 0 Å². The van der Waals surface area contributed by atoms with Crippen LogP contribution in [0.4, 0.5) is 0 Å². The highest BCUT2D eigenvalue weighted by molar-refractivity contribution is 5.79. The molecule has 0 aliphatic rings. The van der Waals surface area contributed by atoms with Gasteiger partial charge in [-0.15, -0.1) is 0 Å². The van der Waals surface area contributed by atoms with Gasteiger partial charge >= 0.3 is 0 Å². The van der Waals surface area contributed by atoms with Gasteiger partial charge in [-0.25, -0.2) is 0 Å². The zero-order valence-corrected chi connectivity index (χ0v) is 10.6.